The fourth-order valence-electron chi connectivity index (χ4n) is 4.55. The molecule has 26 heavy (non-hydrogen) atoms. The highest BCUT2D eigenvalue weighted by Gasteiger charge is 2.38. The van der Waals surface area contributed by atoms with Crippen molar-refractivity contribution in [3.8, 4) is 0 Å². The molecule has 1 aliphatic carbocycles. The van der Waals surface area contributed by atoms with Gasteiger partial charge in [0.15, 0.2) is 5.82 Å². The Labute approximate surface area is 156 Å². The number of esters is 1. The van der Waals surface area contributed by atoms with E-state index in [2.05, 4.69) is 39.8 Å². The lowest BCUT2D eigenvalue weighted by Gasteiger charge is -2.42. The second-order valence-electron chi connectivity index (χ2n) is 8.08. The molecule has 1 saturated carbocycles. The van der Waals surface area contributed by atoms with Crippen molar-refractivity contribution in [1.29, 1.82) is 0 Å². The van der Waals surface area contributed by atoms with Gasteiger partial charge in [0.2, 0.25) is 0 Å². The van der Waals surface area contributed by atoms with E-state index in [1.807, 2.05) is 0 Å². The van der Waals surface area contributed by atoms with Gasteiger partial charge in [-0.3, -0.25) is 4.79 Å². The molecule has 2 heterocycles. The molecule has 0 amide bonds. The van der Waals surface area contributed by atoms with Crippen molar-refractivity contribution in [2.45, 2.75) is 71.3 Å². The second kappa shape index (κ2) is 9.44. The van der Waals surface area contributed by atoms with E-state index in [0.717, 1.165) is 44.5 Å². The lowest BCUT2D eigenvalue weighted by atomic mass is 9.69. The minimum Gasteiger partial charge on any atom is -0.464 e. The molecular formula is C19H33N5O2. The Kier molecular flexibility index (Phi) is 7.00. The van der Waals surface area contributed by atoms with Crippen LogP contribution in [-0.2, 0) is 16.0 Å². The highest BCUT2D eigenvalue weighted by molar-refractivity contribution is 5.76. The van der Waals surface area contributed by atoms with Crippen LogP contribution in [0.2, 0.25) is 0 Å². The molecule has 0 bridgehead atoms. The summed E-state index contributed by atoms with van der Waals surface area (Å²) in [6.07, 6.45) is 8.78. The van der Waals surface area contributed by atoms with Crippen LogP contribution in [0.1, 0.15) is 64.6 Å². The highest BCUT2D eigenvalue weighted by Crippen LogP contribution is 2.40. The van der Waals surface area contributed by atoms with Crippen molar-refractivity contribution in [3.63, 3.8) is 0 Å². The Hall–Kier alpha value is -1.50. The number of carbonyl (C=O) groups is 1. The van der Waals surface area contributed by atoms with Crippen LogP contribution in [0, 0.1) is 23.7 Å². The summed E-state index contributed by atoms with van der Waals surface area (Å²) < 4.78 is 5.60. The van der Waals surface area contributed by atoms with Gasteiger partial charge < -0.3 is 10.1 Å². The number of aryl methyl sites for hydroxylation is 1. The first-order chi connectivity index (χ1) is 12.7. The fraction of sp³-hybridized carbons (Fsp3) is 0.895. The minimum atomic E-state index is -0.124. The van der Waals surface area contributed by atoms with Crippen LogP contribution in [0.4, 0.5) is 0 Å². The number of fused-ring (bicyclic) bond motifs is 1. The first-order valence-corrected chi connectivity index (χ1v) is 10.3. The maximum Gasteiger partial charge on any atom is 0.323 e. The largest absolute Gasteiger partial charge is 0.464 e. The number of rotatable bonds is 8. The molecule has 3 rings (SSSR count). The molecule has 0 radical (unpaired) electrons. The van der Waals surface area contributed by atoms with Crippen molar-refractivity contribution in [2.24, 2.45) is 23.7 Å². The molecule has 2 unspecified atom stereocenters. The van der Waals surface area contributed by atoms with Crippen LogP contribution in [-0.4, -0.2) is 45.8 Å². The summed E-state index contributed by atoms with van der Waals surface area (Å²) in [5, 5.41) is 17.7. The molecule has 7 heteroatoms. The number of hydrogen-bond donors (Lipinski definition) is 2. The van der Waals surface area contributed by atoms with Crippen molar-refractivity contribution in [1.82, 2.24) is 25.9 Å². The van der Waals surface area contributed by atoms with Crippen LogP contribution < -0.4 is 5.32 Å². The van der Waals surface area contributed by atoms with Gasteiger partial charge >= 0.3 is 5.97 Å². The molecule has 2 fully saturated rings. The van der Waals surface area contributed by atoms with Crippen LogP contribution in [0.3, 0.4) is 0 Å². The van der Waals surface area contributed by atoms with Crippen LogP contribution in [0.25, 0.3) is 0 Å². The predicted molar refractivity (Wildman–Crippen MR) is 98.3 cm³/mol. The van der Waals surface area contributed by atoms with Crippen LogP contribution >= 0.6 is 0 Å². The Bertz CT molecular complexity index is 546. The number of ether oxygens (including phenoxy) is 1. The Morgan fingerprint density at radius 2 is 2.08 bits per heavy atom. The van der Waals surface area contributed by atoms with Gasteiger partial charge in [-0.2, -0.15) is 5.21 Å². The normalized spacial score (nSPS) is 28.7. The molecule has 2 aliphatic rings. The molecule has 0 spiro atoms. The van der Waals surface area contributed by atoms with E-state index in [4.69, 9.17) is 4.74 Å². The molecule has 4 atom stereocenters. The van der Waals surface area contributed by atoms with Crippen molar-refractivity contribution in [2.75, 3.05) is 13.2 Å². The monoisotopic (exact) mass is 363 g/mol. The van der Waals surface area contributed by atoms with Gasteiger partial charge in [-0.05, 0) is 55.9 Å². The highest BCUT2D eigenvalue weighted by atomic mass is 16.5. The molecule has 2 N–H and O–H groups in total. The number of piperidine rings is 1. The number of nitrogens with zero attached hydrogens (tertiary/aromatic N) is 3. The Morgan fingerprint density at radius 3 is 2.81 bits per heavy atom. The molecule has 1 aromatic rings. The zero-order valence-corrected chi connectivity index (χ0v) is 16.1. The van der Waals surface area contributed by atoms with Gasteiger partial charge in [0.05, 0.1) is 6.61 Å². The number of aromatic amines is 1. The molecule has 7 nitrogen and oxygen atoms in total. The topological polar surface area (TPSA) is 92.8 Å². The van der Waals surface area contributed by atoms with Gasteiger partial charge in [-0.25, -0.2) is 0 Å². The molecular weight excluding hydrogens is 330 g/mol. The van der Waals surface area contributed by atoms with E-state index >= 15 is 0 Å². The number of tetrazole rings is 1. The van der Waals surface area contributed by atoms with Crippen molar-refractivity contribution in [3.05, 3.63) is 5.82 Å². The zero-order chi connectivity index (χ0) is 18.4. The third kappa shape index (κ3) is 5.02. The van der Waals surface area contributed by atoms with E-state index in [9.17, 15) is 4.79 Å². The Morgan fingerprint density at radius 1 is 1.23 bits per heavy atom. The molecule has 1 aliphatic heterocycles. The number of carbonyl (C=O) groups excluding carboxylic acids is 1. The zero-order valence-electron chi connectivity index (χ0n) is 16.1. The molecule has 0 aromatic carbocycles. The first kappa shape index (κ1) is 19.3. The molecule has 146 valence electrons. The Balaban J connectivity index is 1.45. The van der Waals surface area contributed by atoms with Gasteiger partial charge in [-0.15, -0.1) is 10.2 Å². The lowest BCUT2D eigenvalue weighted by Crippen LogP contribution is -2.50. The van der Waals surface area contributed by atoms with Crippen molar-refractivity contribution >= 4 is 5.97 Å². The average molecular weight is 364 g/mol. The number of hydrogen-bond acceptors (Lipinski definition) is 6. The van der Waals surface area contributed by atoms with Crippen LogP contribution in [0.15, 0.2) is 0 Å². The van der Waals surface area contributed by atoms with Gasteiger partial charge in [0.25, 0.3) is 0 Å². The fourth-order valence-corrected chi connectivity index (χ4v) is 4.55. The second-order valence-corrected chi connectivity index (χ2v) is 8.08. The smallest absolute Gasteiger partial charge is 0.323 e. The minimum absolute atomic E-state index is 0.0516. The van der Waals surface area contributed by atoms with E-state index < -0.39 is 0 Å². The quantitative estimate of drug-likeness (QED) is 0.690. The van der Waals surface area contributed by atoms with Crippen LogP contribution in [0.5, 0.6) is 0 Å². The maximum absolute atomic E-state index is 12.5. The summed E-state index contributed by atoms with van der Waals surface area (Å²) in [7, 11) is 0. The maximum atomic E-state index is 12.5. The summed E-state index contributed by atoms with van der Waals surface area (Å²) in [5.74, 6) is 3.28. The summed E-state index contributed by atoms with van der Waals surface area (Å²) >= 11 is 0. The van der Waals surface area contributed by atoms with Gasteiger partial charge in [-0.1, -0.05) is 38.3 Å². The first-order valence-electron chi connectivity index (χ1n) is 10.3. The van der Waals surface area contributed by atoms with E-state index in [1.54, 1.807) is 0 Å². The number of nitrogens with one attached hydrogen (secondary N) is 2. The lowest BCUT2D eigenvalue weighted by molar-refractivity contribution is -0.149. The molecule has 1 aromatic heterocycles. The predicted octanol–water partition coefficient (Wildman–Crippen LogP) is 2.51. The van der Waals surface area contributed by atoms with E-state index in [1.165, 1.54) is 19.3 Å². The summed E-state index contributed by atoms with van der Waals surface area (Å²) in [5.41, 5.74) is 0. The van der Waals surface area contributed by atoms with Gasteiger partial charge in [0.1, 0.15) is 6.04 Å². The average Bonchev–Trinajstić information content (AvgIpc) is 3.20. The van der Waals surface area contributed by atoms with E-state index in [0.29, 0.717) is 30.3 Å². The third-order valence-corrected chi connectivity index (χ3v) is 6.48. The third-order valence-electron chi connectivity index (χ3n) is 6.48. The SMILES string of the molecule is CCC(CC)COC(=O)[C@@H]1CC2C[C@@H](CCc3nn[nH]n3)CCC2CN1. The van der Waals surface area contributed by atoms with Crippen molar-refractivity contribution < 1.29 is 9.53 Å². The molecule has 1 saturated heterocycles. The van der Waals surface area contributed by atoms with E-state index in [-0.39, 0.29) is 12.0 Å². The summed E-state index contributed by atoms with van der Waals surface area (Å²) in [4.78, 5) is 12.5. The summed E-state index contributed by atoms with van der Waals surface area (Å²) in [6.45, 7) is 5.82. The summed E-state index contributed by atoms with van der Waals surface area (Å²) in [6, 6.07) is -0.124. The van der Waals surface area contributed by atoms with Gasteiger partial charge in [0, 0.05) is 6.42 Å². The number of aromatic nitrogens is 4. The number of H-pyrrole nitrogens is 1. The standard InChI is InChI=1S/C19H33N5O2/c1-3-13(4-2)12-26-19(25)17-10-16-9-14(5-7-15(16)11-20-17)6-8-18-21-23-24-22-18/h13-17,20H,3-12H2,1-2H3,(H,21,22,23,24)/t14-,15?,16?,17+/m1/s1.